The predicted molar refractivity (Wildman–Crippen MR) is 85.7 cm³/mol. The molecule has 1 saturated carbocycles. The smallest absolute Gasteiger partial charge is 0.122 e. The molecule has 0 amide bonds. The van der Waals surface area contributed by atoms with Crippen molar-refractivity contribution >= 4 is 0 Å². The van der Waals surface area contributed by atoms with Crippen molar-refractivity contribution in [3.63, 3.8) is 0 Å². The molecular weight excluding hydrogens is 260 g/mol. The van der Waals surface area contributed by atoms with Crippen molar-refractivity contribution in [3.8, 4) is 5.75 Å². The zero-order chi connectivity index (χ0) is 14.9. The Hall–Kier alpha value is -1.02. The highest BCUT2D eigenvalue weighted by molar-refractivity contribution is 5.38. The van der Waals surface area contributed by atoms with E-state index in [0.717, 1.165) is 31.6 Å². The maximum absolute atomic E-state index is 11.3. The molecule has 1 aliphatic carbocycles. The lowest BCUT2D eigenvalue weighted by atomic mass is 9.66. The van der Waals surface area contributed by atoms with Gasteiger partial charge in [-0.05, 0) is 55.1 Å². The molecule has 0 saturated heterocycles. The summed E-state index contributed by atoms with van der Waals surface area (Å²) in [6.45, 7) is 5.31. The first kappa shape index (κ1) is 14.9. The Bertz CT molecular complexity index is 482. The lowest BCUT2D eigenvalue weighted by Gasteiger charge is -2.45. The summed E-state index contributed by atoms with van der Waals surface area (Å²) in [6, 6.07) is 8.36. The van der Waals surface area contributed by atoms with Gasteiger partial charge in [0.15, 0.2) is 0 Å². The second-order valence-corrected chi connectivity index (χ2v) is 7.28. The summed E-state index contributed by atoms with van der Waals surface area (Å²) in [5.41, 5.74) is 0.812. The van der Waals surface area contributed by atoms with Crippen molar-refractivity contribution < 1.29 is 9.84 Å². The van der Waals surface area contributed by atoms with Gasteiger partial charge in [-0.1, -0.05) is 44.9 Å². The number of rotatable bonds is 3. The van der Waals surface area contributed by atoms with Gasteiger partial charge in [-0.25, -0.2) is 0 Å². The fraction of sp³-hybridized carbons (Fsp3) is 0.684. The molecule has 0 bridgehead atoms. The van der Waals surface area contributed by atoms with E-state index in [-0.39, 0.29) is 0 Å². The fourth-order valence-electron chi connectivity index (χ4n) is 4.51. The van der Waals surface area contributed by atoms with Crippen LogP contribution in [0, 0.1) is 11.8 Å². The van der Waals surface area contributed by atoms with E-state index in [1.807, 2.05) is 6.07 Å². The van der Waals surface area contributed by atoms with Crippen LogP contribution in [0.25, 0.3) is 0 Å². The van der Waals surface area contributed by atoms with E-state index in [1.165, 1.54) is 24.8 Å². The van der Waals surface area contributed by atoms with Gasteiger partial charge >= 0.3 is 0 Å². The van der Waals surface area contributed by atoms with Gasteiger partial charge in [0.05, 0.1) is 12.2 Å². The highest BCUT2D eigenvalue weighted by atomic mass is 16.5. The number of ether oxygens (including phenoxy) is 1. The monoisotopic (exact) mass is 288 g/mol. The number of hydrogen-bond donors (Lipinski definition) is 1. The van der Waals surface area contributed by atoms with Gasteiger partial charge in [-0.3, -0.25) is 0 Å². The summed E-state index contributed by atoms with van der Waals surface area (Å²) in [7, 11) is 0. The molecule has 21 heavy (non-hydrogen) atoms. The van der Waals surface area contributed by atoms with Crippen LogP contribution >= 0.6 is 0 Å². The minimum Gasteiger partial charge on any atom is -0.493 e. The molecule has 2 aliphatic rings. The summed E-state index contributed by atoms with van der Waals surface area (Å²) in [5.74, 6) is 2.47. The molecule has 0 aromatic heterocycles. The fourth-order valence-corrected chi connectivity index (χ4v) is 4.51. The molecule has 3 atom stereocenters. The largest absolute Gasteiger partial charge is 0.493 e. The van der Waals surface area contributed by atoms with Gasteiger partial charge in [0, 0.05) is 0 Å². The van der Waals surface area contributed by atoms with E-state index in [0.29, 0.717) is 17.8 Å². The Kier molecular flexibility index (Phi) is 4.26. The van der Waals surface area contributed by atoms with E-state index in [9.17, 15) is 5.11 Å². The van der Waals surface area contributed by atoms with Crippen LogP contribution in [0.1, 0.15) is 63.9 Å². The molecule has 2 heteroatoms. The van der Waals surface area contributed by atoms with Crippen LogP contribution in [0.3, 0.4) is 0 Å². The summed E-state index contributed by atoms with van der Waals surface area (Å²) in [6.07, 6.45) is 6.52. The summed E-state index contributed by atoms with van der Waals surface area (Å²) < 4.78 is 5.77. The molecule has 3 unspecified atom stereocenters. The average molecular weight is 288 g/mol. The average Bonchev–Trinajstić information content (AvgIpc) is 2.47. The van der Waals surface area contributed by atoms with Gasteiger partial charge in [0.25, 0.3) is 0 Å². The zero-order valence-corrected chi connectivity index (χ0v) is 13.3. The number of hydrogen-bond acceptors (Lipinski definition) is 2. The van der Waals surface area contributed by atoms with Gasteiger partial charge in [0.1, 0.15) is 5.75 Å². The van der Waals surface area contributed by atoms with Crippen LogP contribution in [0.5, 0.6) is 5.75 Å². The van der Waals surface area contributed by atoms with Crippen molar-refractivity contribution in [3.05, 3.63) is 29.8 Å². The summed E-state index contributed by atoms with van der Waals surface area (Å²) in [5, 5.41) is 11.3. The van der Waals surface area contributed by atoms with E-state index in [4.69, 9.17) is 4.74 Å². The Morgan fingerprint density at radius 2 is 2.05 bits per heavy atom. The number of para-hydroxylation sites is 1. The second-order valence-electron chi connectivity index (χ2n) is 7.28. The van der Waals surface area contributed by atoms with Crippen LogP contribution in [-0.4, -0.2) is 17.3 Å². The Balaban J connectivity index is 1.82. The summed E-state index contributed by atoms with van der Waals surface area (Å²) in [4.78, 5) is 0. The molecule has 1 heterocycles. The predicted octanol–water partition coefficient (Wildman–Crippen LogP) is 4.52. The van der Waals surface area contributed by atoms with Crippen LogP contribution in [0.2, 0.25) is 0 Å². The zero-order valence-electron chi connectivity index (χ0n) is 13.3. The van der Waals surface area contributed by atoms with E-state index >= 15 is 0 Å². The maximum Gasteiger partial charge on any atom is 0.122 e. The Morgan fingerprint density at radius 3 is 2.86 bits per heavy atom. The SMILES string of the molecule is CC(C)C1CCCCC1(O)CC1CCOc2ccccc21. The van der Waals surface area contributed by atoms with Gasteiger partial charge < -0.3 is 9.84 Å². The maximum atomic E-state index is 11.3. The van der Waals surface area contributed by atoms with Crippen molar-refractivity contribution in [2.75, 3.05) is 6.61 Å². The van der Waals surface area contributed by atoms with Crippen molar-refractivity contribution in [2.45, 2.75) is 63.9 Å². The molecule has 1 N–H and O–H groups in total. The molecule has 0 radical (unpaired) electrons. The van der Waals surface area contributed by atoms with E-state index < -0.39 is 5.60 Å². The lowest BCUT2D eigenvalue weighted by molar-refractivity contribution is -0.0781. The van der Waals surface area contributed by atoms with Gasteiger partial charge in [-0.2, -0.15) is 0 Å². The van der Waals surface area contributed by atoms with Crippen LogP contribution in [0.15, 0.2) is 24.3 Å². The Labute approximate surface area is 128 Å². The quantitative estimate of drug-likeness (QED) is 0.886. The molecule has 2 nitrogen and oxygen atoms in total. The normalized spacial score (nSPS) is 32.6. The van der Waals surface area contributed by atoms with Crippen molar-refractivity contribution in [2.24, 2.45) is 11.8 Å². The molecule has 1 fully saturated rings. The minimum absolute atomic E-state index is 0.444. The van der Waals surface area contributed by atoms with Crippen LogP contribution in [0.4, 0.5) is 0 Å². The molecule has 0 spiro atoms. The topological polar surface area (TPSA) is 29.5 Å². The standard InChI is InChI=1S/C19H28O2/c1-14(2)17-8-5-6-11-19(17,20)13-15-10-12-21-18-9-4-3-7-16(15)18/h3-4,7,9,14-15,17,20H,5-6,8,10-13H2,1-2H3. The van der Waals surface area contributed by atoms with Gasteiger partial charge in [-0.15, -0.1) is 0 Å². The van der Waals surface area contributed by atoms with Crippen LogP contribution in [-0.2, 0) is 0 Å². The first-order chi connectivity index (χ1) is 10.1. The Morgan fingerprint density at radius 1 is 1.24 bits per heavy atom. The molecular formula is C19H28O2. The third kappa shape index (κ3) is 2.96. The highest BCUT2D eigenvalue weighted by Gasteiger charge is 2.42. The third-order valence-electron chi connectivity index (χ3n) is 5.55. The molecule has 1 aromatic carbocycles. The highest BCUT2D eigenvalue weighted by Crippen LogP contribution is 2.46. The molecule has 3 rings (SSSR count). The van der Waals surface area contributed by atoms with E-state index in [2.05, 4.69) is 32.0 Å². The molecule has 1 aliphatic heterocycles. The minimum atomic E-state index is -0.485. The molecule has 1 aromatic rings. The van der Waals surface area contributed by atoms with Crippen molar-refractivity contribution in [1.29, 1.82) is 0 Å². The van der Waals surface area contributed by atoms with E-state index in [1.54, 1.807) is 0 Å². The lowest BCUT2D eigenvalue weighted by Crippen LogP contribution is -2.44. The van der Waals surface area contributed by atoms with Crippen LogP contribution < -0.4 is 4.74 Å². The first-order valence-electron chi connectivity index (χ1n) is 8.54. The number of aliphatic hydroxyl groups is 1. The second kappa shape index (κ2) is 6.00. The first-order valence-corrected chi connectivity index (χ1v) is 8.54. The molecule has 116 valence electrons. The van der Waals surface area contributed by atoms with Gasteiger partial charge in [0.2, 0.25) is 0 Å². The third-order valence-corrected chi connectivity index (χ3v) is 5.55. The number of benzene rings is 1. The van der Waals surface area contributed by atoms with Crippen molar-refractivity contribution in [1.82, 2.24) is 0 Å². The number of fused-ring (bicyclic) bond motifs is 1. The summed E-state index contributed by atoms with van der Waals surface area (Å²) >= 11 is 0.